The van der Waals surface area contributed by atoms with Gasteiger partial charge in [-0.05, 0) is 6.42 Å². The van der Waals surface area contributed by atoms with E-state index in [1.54, 1.807) is 0 Å². The van der Waals surface area contributed by atoms with Crippen LogP contribution in [0.4, 0.5) is 13.2 Å². The molecule has 0 aromatic rings. The molecule has 1 atom stereocenters. The number of aldehydes is 1. The van der Waals surface area contributed by atoms with E-state index in [2.05, 4.69) is 0 Å². The number of hydrogen-bond donors (Lipinski definition) is 0. The van der Waals surface area contributed by atoms with E-state index in [-0.39, 0.29) is 6.42 Å². The predicted molar refractivity (Wildman–Crippen MR) is 49.0 cm³/mol. The zero-order chi connectivity index (χ0) is 11.0. The van der Waals surface area contributed by atoms with Crippen molar-refractivity contribution in [3.05, 3.63) is 0 Å². The van der Waals surface area contributed by atoms with Crippen LogP contribution in [0.1, 0.15) is 45.4 Å². The quantitative estimate of drug-likeness (QED) is 0.462. The summed E-state index contributed by atoms with van der Waals surface area (Å²) in [5.74, 6) is -1.43. The molecule has 0 fully saturated rings. The molecule has 0 aromatic heterocycles. The fourth-order valence-electron chi connectivity index (χ4n) is 1.35. The van der Waals surface area contributed by atoms with Crippen LogP contribution in [0.25, 0.3) is 0 Å². The minimum absolute atomic E-state index is 0.0856. The van der Waals surface area contributed by atoms with Crippen molar-refractivity contribution in [2.45, 2.75) is 51.6 Å². The lowest BCUT2D eigenvalue weighted by atomic mass is 9.97. The molecular formula is C10H17F3O. The van der Waals surface area contributed by atoms with Gasteiger partial charge in [-0.2, -0.15) is 13.2 Å². The maximum absolute atomic E-state index is 12.3. The molecule has 0 aliphatic rings. The summed E-state index contributed by atoms with van der Waals surface area (Å²) < 4.78 is 36.8. The average molecular weight is 210 g/mol. The molecule has 0 rings (SSSR count). The minimum Gasteiger partial charge on any atom is -0.303 e. The lowest BCUT2D eigenvalue weighted by Gasteiger charge is -2.17. The monoisotopic (exact) mass is 210 g/mol. The number of rotatable bonds is 7. The first-order valence-electron chi connectivity index (χ1n) is 5.02. The fraction of sp³-hybridized carbons (Fsp3) is 0.900. The molecule has 0 bridgehead atoms. The summed E-state index contributed by atoms with van der Waals surface area (Å²) in [5, 5.41) is 0. The SMILES string of the molecule is CCCCCCC(CC=O)C(F)(F)F. The van der Waals surface area contributed by atoms with Gasteiger partial charge in [0, 0.05) is 6.42 Å². The van der Waals surface area contributed by atoms with Crippen LogP contribution in [0.3, 0.4) is 0 Å². The van der Waals surface area contributed by atoms with Crippen LogP contribution in [0.2, 0.25) is 0 Å². The van der Waals surface area contributed by atoms with Crippen molar-refractivity contribution >= 4 is 6.29 Å². The van der Waals surface area contributed by atoms with E-state index in [0.717, 1.165) is 19.3 Å². The van der Waals surface area contributed by atoms with Gasteiger partial charge >= 0.3 is 6.18 Å². The highest BCUT2D eigenvalue weighted by atomic mass is 19.4. The maximum atomic E-state index is 12.3. The van der Waals surface area contributed by atoms with Gasteiger partial charge in [0.1, 0.15) is 6.29 Å². The van der Waals surface area contributed by atoms with Gasteiger partial charge in [-0.3, -0.25) is 0 Å². The molecule has 0 amide bonds. The summed E-state index contributed by atoms with van der Waals surface area (Å²) in [6.07, 6.45) is -0.813. The minimum atomic E-state index is -4.22. The first kappa shape index (κ1) is 13.5. The third kappa shape index (κ3) is 6.00. The fourth-order valence-corrected chi connectivity index (χ4v) is 1.35. The molecule has 0 spiro atoms. The van der Waals surface area contributed by atoms with Gasteiger partial charge in [-0.1, -0.05) is 32.6 Å². The van der Waals surface area contributed by atoms with Crippen molar-refractivity contribution in [3.8, 4) is 0 Å². The molecular weight excluding hydrogens is 193 g/mol. The molecule has 0 saturated heterocycles. The van der Waals surface area contributed by atoms with Gasteiger partial charge in [-0.25, -0.2) is 0 Å². The van der Waals surface area contributed by atoms with Crippen molar-refractivity contribution in [1.82, 2.24) is 0 Å². The maximum Gasteiger partial charge on any atom is 0.392 e. The second-order valence-electron chi connectivity index (χ2n) is 3.49. The number of unbranched alkanes of at least 4 members (excludes halogenated alkanes) is 3. The van der Waals surface area contributed by atoms with Crippen LogP contribution in [0, 0.1) is 5.92 Å². The zero-order valence-electron chi connectivity index (χ0n) is 8.44. The number of carbonyl (C=O) groups is 1. The summed E-state index contributed by atoms with van der Waals surface area (Å²) in [6.45, 7) is 2.01. The highest BCUT2D eigenvalue weighted by Crippen LogP contribution is 2.32. The van der Waals surface area contributed by atoms with Crippen molar-refractivity contribution in [1.29, 1.82) is 0 Å². The molecule has 0 aliphatic carbocycles. The van der Waals surface area contributed by atoms with Gasteiger partial charge < -0.3 is 4.79 Å². The highest BCUT2D eigenvalue weighted by molar-refractivity contribution is 5.49. The first-order chi connectivity index (χ1) is 6.52. The van der Waals surface area contributed by atoms with Gasteiger partial charge in [-0.15, -0.1) is 0 Å². The van der Waals surface area contributed by atoms with Gasteiger partial charge in [0.05, 0.1) is 5.92 Å². The second-order valence-corrected chi connectivity index (χ2v) is 3.49. The molecule has 0 radical (unpaired) electrons. The summed E-state index contributed by atoms with van der Waals surface area (Å²) in [5.41, 5.74) is 0. The number of halogens is 3. The van der Waals surface area contributed by atoms with E-state index in [9.17, 15) is 18.0 Å². The smallest absolute Gasteiger partial charge is 0.303 e. The molecule has 0 aliphatic heterocycles. The molecule has 0 N–H and O–H groups in total. The Kier molecular flexibility index (Phi) is 6.58. The molecule has 0 heterocycles. The van der Waals surface area contributed by atoms with Gasteiger partial charge in [0.15, 0.2) is 0 Å². The molecule has 84 valence electrons. The number of carbonyl (C=O) groups excluding carboxylic acids is 1. The Bertz CT molecular complexity index is 154. The Morgan fingerprint density at radius 1 is 1.21 bits per heavy atom. The Labute approximate surface area is 82.7 Å². The van der Waals surface area contributed by atoms with E-state index in [0.29, 0.717) is 12.7 Å². The summed E-state index contributed by atoms with van der Waals surface area (Å²) in [7, 11) is 0. The van der Waals surface area contributed by atoms with Crippen LogP contribution in [0.5, 0.6) is 0 Å². The predicted octanol–water partition coefficient (Wildman–Crippen LogP) is 3.72. The molecule has 14 heavy (non-hydrogen) atoms. The number of hydrogen-bond acceptors (Lipinski definition) is 1. The molecule has 0 aromatic carbocycles. The zero-order valence-corrected chi connectivity index (χ0v) is 8.44. The molecule has 4 heteroatoms. The van der Waals surface area contributed by atoms with Crippen molar-refractivity contribution in [3.63, 3.8) is 0 Å². The molecule has 0 saturated carbocycles. The van der Waals surface area contributed by atoms with Gasteiger partial charge in [0.2, 0.25) is 0 Å². The van der Waals surface area contributed by atoms with Crippen LogP contribution >= 0.6 is 0 Å². The normalized spacial score (nSPS) is 14.0. The lowest BCUT2D eigenvalue weighted by molar-refractivity contribution is -0.178. The standard InChI is InChI=1S/C10H17F3O/c1-2-3-4-5-6-9(7-8-14)10(11,12)13/h8-9H,2-7H2,1H3. The first-order valence-corrected chi connectivity index (χ1v) is 5.02. The van der Waals surface area contributed by atoms with E-state index >= 15 is 0 Å². The average Bonchev–Trinajstić information content (AvgIpc) is 2.08. The lowest BCUT2D eigenvalue weighted by Crippen LogP contribution is -2.23. The van der Waals surface area contributed by atoms with E-state index in [4.69, 9.17) is 0 Å². The topological polar surface area (TPSA) is 17.1 Å². The summed E-state index contributed by atoms with van der Waals surface area (Å²) in [4.78, 5) is 10.1. The third-order valence-electron chi connectivity index (χ3n) is 2.25. The van der Waals surface area contributed by atoms with Crippen LogP contribution in [-0.2, 0) is 4.79 Å². The number of alkyl halides is 3. The Balaban J connectivity index is 3.80. The molecule has 1 nitrogen and oxygen atoms in total. The van der Waals surface area contributed by atoms with Crippen LogP contribution in [-0.4, -0.2) is 12.5 Å². The van der Waals surface area contributed by atoms with Gasteiger partial charge in [0.25, 0.3) is 0 Å². The van der Waals surface area contributed by atoms with E-state index in [1.165, 1.54) is 0 Å². The molecule has 1 unspecified atom stereocenters. The van der Waals surface area contributed by atoms with Crippen LogP contribution < -0.4 is 0 Å². The van der Waals surface area contributed by atoms with Crippen molar-refractivity contribution < 1.29 is 18.0 Å². The largest absolute Gasteiger partial charge is 0.392 e. The summed E-state index contributed by atoms with van der Waals surface area (Å²) >= 11 is 0. The highest BCUT2D eigenvalue weighted by Gasteiger charge is 2.38. The van der Waals surface area contributed by atoms with Crippen molar-refractivity contribution in [2.75, 3.05) is 0 Å². The van der Waals surface area contributed by atoms with E-state index in [1.807, 2.05) is 6.92 Å². The van der Waals surface area contributed by atoms with Crippen LogP contribution in [0.15, 0.2) is 0 Å². The Morgan fingerprint density at radius 2 is 1.86 bits per heavy atom. The Morgan fingerprint density at radius 3 is 2.29 bits per heavy atom. The second kappa shape index (κ2) is 6.85. The Hall–Kier alpha value is -0.540. The summed E-state index contributed by atoms with van der Waals surface area (Å²) in [6, 6.07) is 0. The van der Waals surface area contributed by atoms with E-state index < -0.39 is 18.5 Å². The van der Waals surface area contributed by atoms with Crippen molar-refractivity contribution in [2.24, 2.45) is 5.92 Å². The third-order valence-corrected chi connectivity index (χ3v) is 2.25.